The molecule has 2 heterocycles. The normalized spacial score (nSPS) is 14.3. The van der Waals surface area contributed by atoms with Crippen LogP contribution in [-0.4, -0.2) is 33.8 Å². The predicted octanol–water partition coefficient (Wildman–Crippen LogP) is 3.12. The number of amides is 2. The van der Waals surface area contributed by atoms with Crippen LogP contribution in [0.15, 0.2) is 24.3 Å². The van der Waals surface area contributed by atoms with Crippen LogP contribution < -0.4 is 10.6 Å². The number of urea groups is 1. The van der Waals surface area contributed by atoms with E-state index in [1.54, 1.807) is 6.07 Å². The van der Waals surface area contributed by atoms with Gasteiger partial charge in [0.05, 0.1) is 24.5 Å². The van der Waals surface area contributed by atoms with E-state index in [9.17, 15) is 9.18 Å². The Hall–Kier alpha value is -2.41. The lowest BCUT2D eigenvalue weighted by atomic mass is 10.2. The van der Waals surface area contributed by atoms with E-state index in [0.29, 0.717) is 18.2 Å². The molecule has 0 fully saturated rings. The van der Waals surface area contributed by atoms with Crippen LogP contribution in [0.25, 0.3) is 0 Å². The fourth-order valence-corrected chi connectivity index (χ4v) is 3.21. The molecule has 140 valence electrons. The number of nitrogens with zero attached hydrogens (tertiary/aromatic N) is 3. The molecule has 7 heteroatoms. The zero-order valence-electron chi connectivity index (χ0n) is 15.6. The maximum Gasteiger partial charge on any atom is 0.319 e. The quantitative estimate of drug-likeness (QED) is 0.862. The second-order valence-electron chi connectivity index (χ2n) is 7.25. The lowest BCUT2D eigenvalue weighted by Crippen LogP contribution is -2.36. The van der Waals surface area contributed by atoms with Crippen LogP contribution in [0.1, 0.15) is 30.8 Å². The predicted molar refractivity (Wildman–Crippen MR) is 99.3 cm³/mol. The fraction of sp³-hybridized carbons (Fsp3) is 0.474. The molecule has 0 bridgehead atoms. The molecular formula is C19H26FN5O. The van der Waals surface area contributed by atoms with Crippen molar-refractivity contribution in [1.82, 2.24) is 20.0 Å². The lowest BCUT2D eigenvalue weighted by Gasteiger charge is -2.28. The van der Waals surface area contributed by atoms with Gasteiger partial charge in [-0.1, -0.05) is 19.9 Å². The summed E-state index contributed by atoms with van der Waals surface area (Å²) >= 11 is 0. The molecule has 0 saturated heterocycles. The minimum atomic E-state index is -0.376. The SMILES string of the molecule is Cc1ccc(F)cc1NC(=O)NCc1cc2n(n1)CCN(CC(C)C)C2. The number of aromatic nitrogens is 2. The van der Waals surface area contributed by atoms with E-state index in [1.807, 2.05) is 17.7 Å². The number of fused-ring (bicyclic) bond motifs is 1. The van der Waals surface area contributed by atoms with Crippen molar-refractivity contribution in [3.63, 3.8) is 0 Å². The Balaban J connectivity index is 1.55. The third-order valence-electron chi connectivity index (χ3n) is 4.43. The Morgan fingerprint density at radius 3 is 2.88 bits per heavy atom. The second kappa shape index (κ2) is 7.86. The summed E-state index contributed by atoms with van der Waals surface area (Å²) in [7, 11) is 0. The molecule has 0 saturated carbocycles. The molecule has 1 aromatic heterocycles. The molecule has 0 unspecified atom stereocenters. The number of nitrogens with one attached hydrogen (secondary N) is 2. The minimum absolute atomic E-state index is 0.338. The van der Waals surface area contributed by atoms with Gasteiger partial charge in [0.1, 0.15) is 5.82 Å². The largest absolute Gasteiger partial charge is 0.332 e. The summed E-state index contributed by atoms with van der Waals surface area (Å²) in [6.07, 6.45) is 0. The summed E-state index contributed by atoms with van der Waals surface area (Å²) in [5.74, 6) is 0.263. The van der Waals surface area contributed by atoms with Gasteiger partial charge in [-0.3, -0.25) is 9.58 Å². The fourth-order valence-electron chi connectivity index (χ4n) is 3.21. The van der Waals surface area contributed by atoms with Gasteiger partial charge < -0.3 is 10.6 Å². The molecule has 1 aliphatic heterocycles. The Labute approximate surface area is 153 Å². The molecule has 2 N–H and O–H groups in total. The summed E-state index contributed by atoms with van der Waals surface area (Å²) in [6.45, 7) is 10.4. The zero-order chi connectivity index (χ0) is 18.7. The number of aryl methyl sites for hydroxylation is 1. The number of anilines is 1. The van der Waals surface area contributed by atoms with E-state index in [1.165, 1.54) is 17.8 Å². The Kier molecular flexibility index (Phi) is 5.56. The number of halogens is 1. The van der Waals surface area contributed by atoms with E-state index in [-0.39, 0.29) is 11.8 Å². The van der Waals surface area contributed by atoms with Gasteiger partial charge in [-0.25, -0.2) is 9.18 Å². The van der Waals surface area contributed by atoms with Crippen LogP contribution in [0, 0.1) is 18.7 Å². The maximum absolute atomic E-state index is 13.3. The van der Waals surface area contributed by atoms with E-state index < -0.39 is 0 Å². The number of hydrogen-bond acceptors (Lipinski definition) is 3. The van der Waals surface area contributed by atoms with Crippen molar-refractivity contribution in [2.24, 2.45) is 5.92 Å². The van der Waals surface area contributed by atoms with Crippen molar-refractivity contribution in [3.05, 3.63) is 47.0 Å². The number of rotatable bonds is 5. The molecular weight excluding hydrogens is 333 g/mol. The molecule has 1 aromatic carbocycles. The standard InChI is InChI=1S/C19H26FN5O/c1-13(2)11-24-6-7-25-17(12-24)9-16(23-25)10-21-19(26)22-18-8-15(20)5-4-14(18)3/h4-5,8-9,13H,6-7,10-12H2,1-3H3,(H2,21,22,26). The third kappa shape index (κ3) is 4.60. The van der Waals surface area contributed by atoms with Crippen LogP contribution in [0.3, 0.4) is 0 Å². The molecule has 3 rings (SSSR count). The number of carbonyl (C=O) groups excluding carboxylic acids is 1. The first kappa shape index (κ1) is 18.4. The van der Waals surface area contributed by atoms with Crippen molar-refractivity contribution in [1.29, 1.82) is 0 Å². The van der Waals surface area contributed by atoms with Crippen LogP contribution >= 0.6 is 0 Å². The van der Waals surface area contributed by atoms with Crippen molar-refractivity contribution in [3.8, 4) is 0 Å². The van der Waals surface area contributed by atoms with Crippen LogP contribution in [0.4, 0.5) is 14.9 Å². The molecule has 0 atom stereocenters. The van der Waals surface area contributed by atoms with Crippen molar-refractivity contribution in [2.45, 2.75) is 40.4 Å². The Bertz CT molecular complexity index is 786. The molecule has 0 aliphatic carbocycles. The van der Waals surface area contributed by atoms with E-state index in [0.717, 1.165) is 37.4 Å². The number of carbonyl (C=O) groups is 1. The van der Waals surface area contributed by atoms with Crippen LogP contribution in [0.5, 0.6) is 0 Å². The minimum Gasteiger partial charge on any atom is -0.332 e. The van der Waals surface area contributed by atoms with Gasteiger partial charge in [0, 0.05) is 25.3 Å². The third-order valence-corrected chi connectivity index (χ3v) is 4.43. The van der Waals surface area contributed by atoms with Crippen LogP contribution in [0.2, 0.25) is 0 Å². The van der Waals surface area contributed by atoms with Gasteiger partial charge in [-0.2, -0.15) is 5.10 Å². The van der Waals surface area contributed by atoms with E-state index in [2.05, 4.69) is 34.5 Å². The Morgan fingerprint density at radius 1 is 1.31 bits per heavy atom. The van der Waals surface area contributed by atoms with Crippen molar-refractivity contribution < 1.29 is 9.18 Å². The van der Waals surface area contributed by atoms with Gasteiger partial charge in [0.2, 0.25) is 0 Å². The van der Waals surface area contributed by atoms with Gasteiger partial charge in [-0.15, -0.1) is 0 Å². The van der Waals surface area contributed by atoms with Crippen molar-refractivity contribution >= 4 is 11.7 Å². The van der Waals surface area contributed by atoms with Gasteiger partial charge in [0.15, 0.2) is 0 Å². The molecule has 6 nitrogen and oxygen atoms in total. The molecule has 2 amide bonds. The van der Waals surface area contributed by atoms with Gasteiger partial charge >= 0.3 is 6.03 Å². The van der Waals surface area contributed by atoms with Crippen LogP contribution in [-0.2, 0) is 19.6 Å². The van der Waals surface area contributed by atoms with E-state index >= 15 is 0 Å². The van der Waals surface area contributed by atoms with E-state index in [4.69, 9.17) is 0 Å². The molecule has 0 spiro atoms. The average Bonchev–Trinajstić information content (AvgIpc) is 2.98. The van der Waals surface area contributed by atoms with Gasteiger partial charge in [0.25, 0.3) is 0 Å². The maximum atomic E-state index is 13.3. The average molecular weight is 359 g/mol. The smallest absolute Gasteiger partial charge is 0.319 e. The highest BCUT2D eigenvalue weighted by molar-refractivity contribution is 5.89. The zero-order valence-corrected chi connectivity index (χ0v) is 15.6. The molecule has 26 heavy (non-hydrogen) atoms. The summed E-state index contributed by atoms with van der Waals surface area (Å²) < 4.78 is 15.3. The Morgan fingerprint density at radius 2 is 2.12 bits per heavy atom. The molecule has 1 aliphatic rings. The van der Waals surface area contributed by atoms with Crippen molar-refractivity contribution in [2.75, 3.05) is 18.4 Å². The first-order chi connectivity index (χ1) is 12.4. The summed E-state index contributed by atoms with van der Waals surface area (Å²) in [5, 5.41) is 10.0. The summed E-state index contributed by atoms with van der Waals surface area (Å²) in [6, 6.07) is 5.99. The monoisotopic (exact) mass is 359 g/mol. The first-order valence-corrected chi connectivity index (χ1v) is 8.99. The molecule has 0 radical (unpaired) electrons. The highest BCUT2D eigenvalue weighted by atomic mass is 19.1. The highest BCUT2D eigenvalue weighted by Crippen LogP contribution is 2.17. The highest BCUT2D eigenvalue weighted by Gasteiger charge is 2.19. The second-order valence-corrected chi connectivity index (χ2v) is 7.25. The first-order valence-electron chi connectivity index (χ1n) is 8.99. The molecule has 2 aromatic rings. The lowest BCUT2D eigenvalue weighted by molar-refractivity contribution is 0.192. The number of benzene rings is 1. The summed E-state index contributed by atoms with van der Waals surface area (Å²) in [4.78, 5) is 14.5. The van der Waals surface area contributed by atoms with Gasteiger partial charge in [-0.05, 0) is 36.6 Å². The number of hydrogen-bond donors (Lipinski definition) is 2. The summed E-state index contributed by atoms with van der Waals surface area (Å²) in [5.41, 5.74) is 3.29. The topological polar surface area (TPSA) is 62.2 Å².